The molecule has 0 unspecified atom stereocenters. The molecule has 0 saturated heterocycles. The van der Waals surface area contributed by atoms with Gasteiger partial charge in [0.1, 0.15) is 5.82 Å². The van der Waals surface area contributed by atoms with Crippen molar-refractivity contribution in [3.8, 4) is 0 Å². The summed E-state index contributed by atoms with van der Waals surface area (Å²) in [4.78, 5) is 23.8. The lowest BCUT2D eigenvalue weighted by atomic mass is 10.0. The number of aryl methyl sites for hydroxylation is 1. The van der Waals surface area contributed by atoms with E-state index in [1.54, 1.807) is 6.07 Å². The molecule has 2 N–H and O–H groups in total. The summed E-state index contributed by atoms with van der Waals surface area (Å²) in [5.41, 5.74) is 1.11. The molecule has 2 amide bonds. The van der Waals surface area contributed by atoms with Crippen molar-refractivity contribution in [2.45, 2.75) is 12.8 Å². The van der Waals surface area contributed by atoms with Gasteiger partial charge in [-0.25, -0.2) is 4.39 Å². The van der Waals surface area contributed by atoms with Crippen LogP contribution in [0.5, 0.6) is 0 Å². The van der Waals surface area contributed by atoms with Crippen molar-refractivity contribution in [1.82, 2.24) is 10.6 Å². The van der Waals surface area contributed by atoms with Crippen LogP contribution in [0, 0.1) is 5.82 Å². The summed E-state index contributed by atoms with van der Waals surface area (Å²) in [5.74, 6) is -1.13. The van der Waals surface area contributed by atoms with E-state index in [0.717, 1.165) is 10.9 Å². The topological polar surface area (TPSA) is 58.2 Å². The highest BCUT2D eigenvalue weighted by Crippen LogP contribution is 2.16. The number of hydrogen-bond acceptors (Lipinski definition) is 2. The van der Waals surface area contributed by atoms with Crippen molar-refractivity contribution in [3.63, 3.8) is 0 Å². The van der Waals surface area contributed by atoms with Crippen LogP contribution in [0.4, 0.5) is 4.39 Å². The van der Waals surface area contributed by atoms with Crippen LogP contribution >= 0.6 is 0 Å². The first-order valence-electron chi connectivity index (χ1n) is 8.90. The van der Waals surface area contributed by atoms with Gasteiger partial charge in [-0.2, -0.15) is 0 Å². The van der Waals surface area contributed by atoms with Crippen LogP contribution < -0.4 is 10.6 Å². The van der Waals surface area contributed by atoms with E-state index >= 15 is 0 Å². The Labute approximate surface area is 157 Å². The zero-order chi connectivity index (χ0) is 19.1. The summed E-state index contributed by atoms with van der Waals surface area (Å²) in [6, 6.07) is 20.1. The Kier molecular flexibility index (Phi) is 6.15. The van der Waals surface area contributed by atoms with E-state index in [4.69, 9.17) is 0 Å². The Balaban J connectivity index is 1.39. The number of benzene rings is 3. The fourth-order valence-corrected chi connectivity index (χ4v) is 2.86. The molecule has 27 heavy (non-hydrogen) atoms. The van der Waals surface area contributed by atoms with E-state index in [2.05, 4.69) is 34.9 Å². The van der Waals surface area contributed by atoms with Gasteiger partial charge in [-0.05, 0) is 34.9 Å². The first-order chi connectivity index (χ1) is 13.1. The minimum absolute atomic E-state index is 0.000121. The molecule has 0 aliphatic rings. The molecule has 0 spiro atoms. The third kappa shape index (κ3) is 5.14. The van der Waals surface area contributed by atoms with Gasteiger partial charge >= 0.3 is 0 Å². The minimum Gasteiger partial charge on any atom is -0.354 e. The first kappa shape index (κ1) is 18.6. The predicted octanol–water partition coefficient (Wildman–Crippen LogP) is 3.46. The fraction of sp³-hybridized carbons (Fsp3) is 0.182. The molecule has 0 aliphatic heterocycles. The van der Waals surface area contributed by atoms with Crippen LogP contribution in [0.3, 0.4) is 0 Å². The molecule has 138 valence electrons. The summed E-state index contributed by atoms with van der Waals surface area (Å²) in [5, 5.41) is 7.70. The lowest BCUT2D eigenvalue weighted by molar-refractivity contribution is -0.121. The molecule has 3 aromatic rings. The SMILES string of the molecule is O=C(CCc1ccc2ccccc2c1)NCCNC(=O)c1ccccc1F. The highest BCUT2D eigenvalue weighted by Gasteiger charge is 2.10. The normalized spacial score (nSPS) is 10.6. The number of hydrogen-bond donors (Lipinski definition) is 2. The van der Waals surface area contributed by atoms with Gasteiger partial charge in [0.25, 0.3) is 5.91 Å². The maximum Gasteiger partial charge on any atom is 0.254 e. The van der Waals surface area contributed by atoms with Crippen molar-refractivity contribution < 1.29 is 14.0 Å². The number of fused-ring (bicyclic) bond motifs is 1. The minimum atomic E-state index is -0.561. The summed E-state index contributed by atoms with van der Waals surface area (Å²) in [6.45, 7) is 0.547. The molecular weight excluding hydrogens is 343 g/mol. The molecule has 0 aliphatic carbocycles. The monoisotopic (exact) mass is 364 g/mol. The van der Waals surface area contributed by atoms with Crippen LogP contribution in [0.1, 0.15) is 22.3 Å². The zero-order valence-electron chi connectivity index (χ0n) is 14.9. The molecule has 0 radical (unpaired) electrons. The smallest absolute Gasteiger partial charge is 0.254 e. The van der Waals surface area contributed by atoms with E-state index in [9.17, 15) is 14.0 Å². The van der Waals surface area contributed by atoms with Crippen LogP contribution in [0.15, 0.2) is 66.7 Å². The predicted molar refractivity (Wildman–Crippen MR) is 104 cm³/mol. The summed E-state index contributed by atoms with van der Waals surface area (Å²) >= 11 is 0. The lowest BCUT2D eigenvalue weighted by Crippen LogP contribution is -2.35. The molecule has 3 aromatic carbocycles. The Hall–Kier alpha value is -3.21. The van der Waals surface area contributed by atoms with Crippen molar-refractivity contribution in [2.75, 3.05) is 13.1 Å². The van der Waals surface area contributed by atoms with Crippen LogP contribution in [-0.2, 0) is 11.2 Å². The number of carbonyl (C=O) groups excluding carboxylic acids is 2. The van der Waals surface area contributed by atoms with Gasteiger partial charge in [0, 0.05) is 19.5 Å². The lowest BCUT2D eigenvalue weighted by Gasteiger charge is -2.08. The number of carbonyl (C=O) groups is 2. The number of rotatable bonds is 7. The largest absolute Gasteiger partial charge is 0.354 e. The second-order valence-corrected chi connectivity index (χ2v) is 6.27. The van der Waals surface area contributed by atoms with E-state index in [1.165, 1.54) is 23.6 Å². The molecule has 0 bridgehead atoms. The van der Waals surface area contributed by atoms with Gasteiger partial charge in [0.05, 0.1) is 5.56 Å². The van der Waals surface area contributed by atoms with Crippen molar-refractivity contribution in [3.05, 3.63) is 83.7 Å². The van der Waals surface area contributed by atoms with Gasteiger partial charge in [-0.15, -0.1) is 0 Å². The number of halogens is 1. The summed E-state index contributed by atoms with van der Waals surface area (Å²) < 4.78 is 13.5. The van der Waals surface area contributed by atoms with Gasteiger partial charge in [-0.3, -0.25) is 9.59 Å². The van der Waals surface area contributed by atoms with Crippen LogP contribution in [0.25, 0.3) is 10.8 Å². The van der Waals surface area contributed by atoms with Crippen LogP contribution in [-0.4, -0.2) is 24.9 Å². The maximum atomic E-state index is 13.5. The highest BCUT2D eigenvalue weighted by atomic mass is 19.1. The second kappa shape index (κ2) is 8.94. The average molecular weight is 364 g/mol. The molecule has 5 heteroatoms. The van der Waals surface area contributed by atoms with E-state index in [0.29, 0.717) is 19.4 Å². The van der Waals surface area contributed by atoms with Crippen molar-refractivity contribution >= 4 is 22.6 Å². The molecule has 4 nitrogen and oxygen atoms in total. The third-order valence-corrected chi connectivity index (χ3v) is 4.31. The fourth-order valence-electron chi connectivity index (χ4n) is 2.86. The Bertz CT molecular complexity index is 956. The van der Waals surface area contributed by atoms with Crippen molar-refractivity contribution in [1.29, 1.82) is 0 Å². The molecule has 0 atom stereocenters. The van der Waals surface area contributed by atoms with Gasteiger partial charge < -0.3 is 10.6 Å². The summed E-state index contributed by atoms with van der Waals surface area (Å²) in [7, 11) is 0. The standard InChI is InChI=1S/C22H21FN2O2/c23-20-8-4-3-7-19(20)22(27)25-14-13-24-21(26)12-10-16-9-11-17-5-1-2-6-18(17)15-16/h1-9,11,15H,10,12-14H2,(H,24,26)(H,25,27). The van der Waals surface area contributed by atoms with Gasteiger partial charge in [-0.1, -0.05) is 54.6 Å². The highest BCUT2D eigenvalue weighted by molar-refractivity contribution is 5.94. The van der Waals surface area contributed by atoms with Crippen molar-refractivity contribution in [2.24, 2.45) is 0 Å². The van der Waals surface area contributed by atoms with Crippen LogP contribution in [0.2, 0.25) is 0 Å². The molecule has 0 saturated carbocycles. The number of nitrogens with one attached hydrogen (secondary N) is 2. The zero-order valence-corrected chi connectivity index (χ0v) is 14.9. The quantitative estimate of drug-likeness (QED) is 0.631. The second-order valence-electron chi connectivity index (χ2n) is 6.27. The van der Waals surface area contributed by atoms with Gasteiger partial charge in [0.2, 0.25) is 5.91 Å². The Morgan fingerprint density at radius 2 is 1.52 bits per heavy atom. The number of amides is 2. The Morgan fingerprint density at radius 3 is 2.33 bits per heavy atom. The molecule has 0 aromatic heterocycles. The first-order valence-corrected chi connectivity index (χ1v) is 8.90. The maximum absolute atomic E-state index is 13.5. The molecule has 0 fully saturated rings. The average Bonchev–Trinajstić information content (AvgIpc) is 2.69. The summed E-state index contributed by atoms with van der Waals surface area (Å²) in [6.07, 6.45) is 1.03. The molecule has 0 heterocycles. The van der Waals surface area contributed by atoms with Gasteiger partial charge in [0.15, 0.2) is 0 Å². The van der Waals surface area contributed by atoms with E-state index < -0.39 is 11.7 Å². The molecule has 3 rings (SSSR count). The molecular formula is C22H21FN2O2. The van der Waals surface area contributed by atoms with E-state index in [-0.39, 0.29) is 18.0 Å². The van der Waals surface area contributed by atoms with E-state index in [1.807, 2.05) is 18.2 Å². The Morgan fingerprint density at radius 1 is 0.815 bits per heavy atom. The third-order valence-electron chi connectivity index (χ3n) is 4.31.